The van der Waals surface area contributed by atoms with E-state index >= 15 is 0 Å². The van der Waals surface area contributed by atoms with E-state index in [1.54, 1.807) is 24.3 Å². The summed E-state index contributed by atoms with van der Waals surface area (Å²) in [5.74, 6) is 1.17. The molecule has 1 aromatic carbocycles. The third-order valence-corrected chi connectivity index (χ3v) is 5.40. The first-order valence-electron chi connectivity index (χ1n) is 9.77. The van der Waals surface area contributed by atoms with Gasteiger partial charge in [-0.3, -0.25) is 20.4 Å². The SMILES string of the molecule is CCOc1ccc(C(=O)NCC(=O)NNC(=S)N[C@@H]2CCC[C@@H](C)[C@@H]2C)cc1. The molecule has 2 rings (SSSR count). The number of carbonyl (C=O) groups is 2. The molecule has 2 amide bonds. The van der Waals surface area contributed by atoms with E-state index in [0.717, 1.165) is 6.42 Å². The van der Waals surface area contributed by atoms with E-state index in [4.69, 9.17) is 17.0 Å². The van der Waals surface area contributed by atoms with Gasteiger partial charge in [-0.05, 0) is 61.7 Å². The Labute approximate surface area is 171 Å². The summed E-state index contributed by atoms with van der Waals surface area (Å²) in [4.78, 5) is 24.0. The molecule has 1 aliphatic carbocycles. The molecule has 1 saturated carbocycles. The van der Waals surface area contributed by atoms with Crippen molar-refractivity contribution in [2.45, 2.75) is 46.1 Å². The number of rotatable bonds is 6. The summed E-state index contributed by atoms with van der Waals surface area (Å²) in [7, 11) is 0. The molecule has 1 aromatic rings. The fourth-order valence-electron chi connectivity index (χ4n) is 3.29. The second-order valence-corrected chi connectivity index (χ2v) is 7.57. The first kappa shape index (κ1) is 21.9. The smallest absolute Gasteiger partial charge is 0.257 e. The van der Waals surface area contributed by atoms with Crippen molar-refractivity contribution in [1.82, 2.24) is 21.5 Å². The van der Waals surface area contributed by atoms with Crippen LogP contribution in [0.3, 0.4) is 0 Å². The van der Waals surface area contributed by atoms with E-state index in [1.807, 2.05) is 6.92 Å². The molecule has 4 N–H and O–H groups in total. The van der Waals surface area contributed by atoms with Crippen LogP contribution in [0.25, 0.3) is 0 Å². The molecule has 0 spiro atoms. The Morgan fingerprint density at radius 1 is 1.14 bits per heavy atom. The Bertz CT molecular complexity index is 681. The molecule has 0 bridgehead atoms. The minimum absolute atomic E-state index is 0.154. The van der Waals surface area contributed by atoms with Crippen molar-refractivity contribution in [3.05, 3.63) is 29.8 Å². The van der Waals surface area contributed by atoms with Crippen LogP contribution in [-0.2, 0) is 4.79 Å². The zero-order chi connectivity index (χ0) is 20.5. The van der Waals surface area contributed by atoms with Gasteiger partial charge in [-0.1, -0.05) is 26.7 Å². The third-order valence-electron chi connectivity index (χ3n) is 5.18. The Morgan fingerprint density at radius 2 is 1.86 bits per heavy atom. The normalized spacial score (nSPS) is 21.3. The van der Waals surface area contributed by atoms with Gasteiger partial charge in [-0.2, -0.15) is 0 Å². The summed E-state index contributed by atoms with van der Waals surface area (Å²) in [6, 6.07) is 7.05. The summed E-state index contributed by atoms with van der Waals surface area (Å²) in [5, 5.41) is 6.23. The van der Waals surface area contributed by atoms with E-state index in [9.17, 15) is 9.59 Å². The number of nitrogens with one attached hydrogen (secondary N) is 4. The number of hydrazine groups is 1. The first-order chi connectivity index (χ1) is 13.4. The maximum atomic E-state index is 12.1. The molecule has 0 radical (unpaired) electrons. The summed E-state index contributed by atoms with van der Waals surface area (Å²) < 4.78 is 5.34. The number of hydrogen-bond donors (Lipinski definition) is 4. The number of thiocarbonyl (C=S) groups is 1. The lowest BCUT2D eigenvalue weighted by Gasteiger charge is -2.35. The first-order valence-corrected chi connectivity index (χ1v) is 10.2. The molecule has 3 atom stereocenters. The number of carbonyl (C=O) groups excluding carboxylic acids is 2. The van der Waals surface area contributed by atoms with Gasteiger partial charge in [0, 0.05) is 11.6 Å². The second-order valence-electron chi connectivity index (χ2n) is 7.16. The molecule has 0 aliphatic heterocycles. The van der Waals surface area contributed by atoms with Gasteiger partial charge >= 0.3 is 0 Å². The molecule has 7 nitrogen and oxygen atoms in total. The van der Waals surface area contributed by atoms with Gasteiger partial charge in [-0.25, -0.2) is 0 Å². The Morgan fingerprint density at radius 3 is 2.54 bits per heavy atom. The highest BCUT2D eigenvalue weighted by molar-refractivity contribution is 7.80. The van der Waals surface area contributed by atoms with Crippen molar-refractivity contribution in [3.8, 4) is 5.75 Å². The average molecular weight is 407 g/mol. The van der Waals surface area contributed by atoms with Crippen LogP contribution in [0.5, 0.6) is 5.75 Å². The summed E-state index contributed by atoms with van der Waals surface area (Å²) in [5.41, 5.74) is 5.67. The molecule has 8 heteroatoms. The molecule has 154 valence electrons. The summed E-state index contributed by atoms with van der Waals surface area (Å²) in [6.45, 7) is 6.78. The van der Waals surface area contributed by atoms with Gasteiger partial charge in [0.1, 0.15) is 5.75 Å². The second kappa shape index (κ2) is 10.8. The number of benzene rings is 1. The zero-order valence-electron chi connectivity index (χ0n) is 16.7. The Hall–Kier alpha value is -2.35. The largest absolute Gasteiger partial charge is 0.494 e. The van der Waals surface area contributed by atoms with Crippen LogP contribution in [0.2, 0.25) is 0 Å². The van der Waals surface area contributed by atoms with Crippen LogP contribution in [0, 0.1) is 11.8 Å². The maximum Gasteiger partial charge on any atom is 0.257 e. The Kier molecular flexibility index (Phi) is 8.50. The van der Waals surface area contributed by atoms with Crippen LogP contribution >= 0.6 is 12.2 Å². The molecule has 0 aromatic heterocycles. The van der Waals surface area contributed by atoms with Gasteiger partial charge in [0.2, 0.25) is 0 Å². The Balaban J connectivity index is 1.69. The van der Waals surface area contributed by atoms with Crippen LogP contribution in [0.1, 0.15) is 50.4 Å². The predicted octanol–water partition coefficient (Wildman–Crippen LogP) is 2.14. The van der Waals surface area contributed by atoms with E-state index in [0.29, 0.717) is 40.9 Å². The van der Waals surface area contributed by atoms with Crippen molar-refractivity contribution in [2.75, 3.05) is 13.2 Å². The van der Waals surface area contributed by atoms with E-state index < -0.39 is 0 Å². The molecular weight excluding hydrogens is 376 g/mol. The minimum atomic E-state index is -0.381. The van der Waals surface area contributed by atoms with Crippen LogP contribution in [0.15, 0.2) is 24.3 Å². The summed E-state index contributed by atoms with van der Waals surface area (Å²) in [6.07, 6.45) is 3.49. The summed E-state index contributed by atoms with van der Waals surface area (Å²) >= 11 is 5.25. The van der Waals surface area contributed by atoms with E-state index in [2.05, 4.69) is 35.3 Å². The lowest BCUT2D eigenvalue weighted by atomic mass is 9.78. The lowest BCUT2D eigenvalue weighted by Crippen LogP contribution is -2.53. The molecule has 0 saturated heterocycles. The fourth-order valence-corrected chi connectivity index (χ4v) is 3.50. The highest BCUT2D eigenvalue weighted by atomic mass is 32.1. The number of ether oxygens (including phenoxy) is 1. The van der Waals surface area contributed by atoms with Crippen LogP contribution < -0.4 is 26.2 Å². The fraction of sp³-hybridized carbons (Fsp3) is 0.550. The highest BCUT2D eigenvalue weighted by Gasteiger charge is 2.27. The molecule has 1 fully saturated rings. The van der Waals surface area contributed by atoms with Gasteiger partial charge in [0.25, 0.3) is 11.8 Å². The number of amides is 2. The average Bonchev–Trinajstić information content (AvgIpc) is 2.69. The van der Waals surface area contributed by atoms with Gasteiger partial charge in [-0.15, -0.1) is 0 Å². The maximum absolute atomic E-state index is 12.1. The van der Waals surface area contributed by atoms with Crippen LogP contribution in [-0.4, -0.2) is 36.1 Å². The van der Waals surface area contributed by atoms with Gasteiger partial charge in [0.15, 0.2) is 5.11 Å². The molecule has 0 heterocycles. The quantitative estimate of drug-likeness (QED) is 0.427. The van der Waals surface area contributed by atoms with Gasteiger partial charge in [0.05, 0.1) is 13.2 Å². The van der Waals surface area contributed by atoms with Crippen molar-refractivity contribution >= 4 is 29.1 Å². The third kappa shape index (κ3) is 6.67. The number of hydrogen-bond acceptors (Lipinski definition) is 4. The predicted molar refractivity (Wildman–Crippen MR) is 113 cm³/mol. The minimum Gasteiger partial charge on any atom is -0.494 e. The standard InChI is InChI=1S/C20H30N4O3S/c1-4-27-16-10-8-15(9-11-16)19(26)21-12-18(25)23-24-20(28)22-17-7-5-6-13(2)14(17)3/h8-11,13-14,17H,4-7,12H2,1-3H3,(H,21,26)(H,23,25)(H2,22,24,28)/t13-,14+,17-/m1/s1. The molecular formula is C20H30N4O3S. The van der Waals surface area contributed by atoms with Crippen LogP contribution in [0.4, 0.5) is 0 Å². The van der Waals surface area contributed by atoms with Crippen molar-refractivity contribution in [3.63, 3.8) is 0 Å². The topological polar surface area (TPSA) is 91.5 Å². The lowest BCUT2D eigenvalue weighted by molar-refractivity contribution is -0.120. The van der Waals surface area contributed by atoms with E-state index in [1.165, 1.54) is 12.8 Å². The monoisotopic (exact) mass is 406 g/mol. The highest BCUT2D eigenvalue weighted by Crippen LogP contribution is 2.29. The molecule has 1 aliphatic rings. The van der Waals surface area contributed by atoms with Crippen molar-refractivity contribution in [1.29, 1.82) is 0 Å². The zero-order valence-corrected chi connectivity index (χ0v) is 17.5. The molecule has 0 unspecified atom stereocenters. The van der Waals surface area contributed by atoms with Gasteiger partial charge < -0.3 is 15.4 Å². The van der Waals surface area contributed by atoms with Crippen molar-refractivity contribution in [2.24, 2.45) is 11.8 Å². The van der Waals surface area contributed by atoms with E-state index in [-0.39, 0.29) is 18.4 Å². The van der Waals surface area contributed by atoms with Crippen molar-refractivity contribution < 1.29 is 14.3 Å². The molecule has 28 heavy (non-hydrogen) atoms.